The van der Waals surface area contributed by atoms with Gasteiger partial charge in [0.25, 0.3) is 0 Å². The second-order valence-electron chi connectivity index (χ2n) is 5.72. The Balaban J connectivity index is 2.35. The Morgan fingerprint density at radius 2 is 1.80 bits per heavy atom. The molecule has 0 spiro atoms. The van der Waals surface area contributed by atoms with E-state index in [0.717, 1.165) is 4.47 Å². The molecule has 2 aromatic carbocycles. The smallest absolute Gasteiger partial charge is 0.334 e. The van der Waals surface area contributed by atoms with Crippen molar-refractivity contribution in [1.82, 2.24) is 4.98 Å². The van der Waals surface area contributed by atoms with E-state index in [1.54, 1.807) is 48.5 Å². The molecule has 0 saturated heterocycles. The zero-order valence-electron chi connectivity index (χ0n) is 13.0. The number of hydrogen-bond donors (Lipinski definition) is 4. The van der Waals surface area contributed by atoms with Crippen LogP contribution in [0.15, 0.2) is 53.0 Å². The van der Waals surface area contributed by atoms with Crippen molar-refractivity contribution < 1.29 is 19.8 Å². The Bertz CT molecular complexity index is 968. The highest BCUT2D eigenvalue weighted by atomic mass is 79.9. The maximum Gasteiger partial charge on any atom is 0.334 e. The molecule has 7 heteroatoms. The molecule has 0 radical (unpaired) electrons. The van der Waals surface area contributed by atoms with Crippen LogP contribution in [0.2, 0.25) is 0 Å². The van der Waals surface area contributed by atoms with Gasteiger partial charge in [0.15, 0.2) is 5.54 Å². The van der Waals surface area contributed by atoms with Gasteiger partial charge in [0.2, 0.25) is 0 Å². The number of nitrogens with one attached hydrogen (secondary N) is 1. The molecule has 1 aromatic heterocycles. The van der Waals surface area contributed by atoms with E-state index < -0.39 is 17.5 Å². The summed E-state index contributed by atoms with van der Waals surface area (Å²) in [5.41, 5.74) is 5.95. The van der Waals surface area contributed by atoms with Gasteiger partial charge < -0.3 is 20.9 Å². The van der Waals surface area contributed by atoms with Crippen LogP contribution in [0.1, 0.15) is 16.8 Å². The molecule has 0 fully saturated rings. The number of halogens is 1. The van der Waals surface area contributed by atoms with Gasteiger partial charge in [-0.1, -0.05) is 46.3 Å². The third-order valence-corrected chi connectivity index (χ3v) is 4.65. The number of carbonyl (C=O) groups is 2. The summed E-state index contributed by atoms with van der Waals surface area (Å²) >= 11 is 3.36. The lowest BCUT2D eigenvalue weighted by atomic mass is 9.84. The first-order chi connectivity index (χ1) is 11.8. The van der Waals surface area contributed by atoms with E-state index in [9.17, 15) is 19.8 Å². The summed E-state index contributed by atoms with van der Waals surface area (Å²) in [6.45, 7) is 0. The molecule has 25 heavy (non-hydrogen) atoms. The Kier molecular flexibility index (Phi) is 4.36. The van der Waals surface area contributed by atoms with Gasteiger partial charge in [-0.15, -0.1) is 0 Å². The van der Waals surface area contributed by atoms with E-state index in [4.69, 9.17) is 5.73 Å². The monoisotopic (exact) mass is 402 g/mol. The molecule has 6 nitrogen and oxygen atoms in total. The van der Waals surface area contributed by atoms with Gasteiger partial charge >= 0.3 is 11.9 Å². The molecule has 0 aliphatic rings. The lowest BCUT2D eigenvalue weighted by Gasteiger charge is -2.25. The van der Waals surface area contributed by atoms with Crippen LogP contribution in [-0.2, 0) is 21.5 Å². The minimum Gasteiger partial charge on any atom is -0.481 e. The molecular formula is C18H15BrN2O4. The number of rotatable bonds is 5. The molecule has 5 N–H and O–H groups in total. The molecule has 1 heterocycles. The molecule has 0 aliphatic heterocycles. The van der Waals surface area contributed by atoms with Crippen molar-refractivity contribution >= 4 is 38.8 Å². The molecule has 0 amide bonds. The van der Waals surface area contributed by atoms with Crippen molar-refractivity contribution in [2.45, 2.75) is 12.0 Å². The van der Waals surface area contributed by atoms with E-state index in [-0.39, 0.29) is 12.1 Å². The summed E-state index contributed by atoms with van der Waals surface area (Å²) in [7, 11) is 0. The van der Waals surface area contributed by atoms with Gasteiger partial charge in [-0.2, -0.15) is 0 Å². The zero-order chi connectivity index (χ0) is 18.2. The highest BCUT2D eigenvalue weighted by molar-refractivity contribution is 9.10. The molecule has 3 rings (SSSR count). The number of nitrogens with two attached hydrogens (primary N) is 1. The minimum atomic E-state index is -1.89. The van der Waals surface area contributed by atoms with E-state index in [1.165, 1.54) is 0 Å². The van der Waals surface area contributed by atoms with Crippen molar-refractivity contribution in [2.75, 3.05) is 0 Å². The molecule has 0 unspecified atom stereocenters. The summed E-state index contributed by atoms with van der Waals surface area (Å²) in [6, 6.07) is 13.6. The van der Waals surface area contributed by atoms with Gasteiger partial charge in [0, 0.05) is 15.4 Å². The second-order valence-corrected chi connectivity index (χ2v) is 6.63. The van der Waals surface area contributed by atoms with E-state index in [2.05, 4.69) is 20.9 Å². The maximum atomic E-state index is 12.1. The lowest BCUT2D eigenvalue weighted by Crippen LogP contribution is -2.47. The van der Waals surface area contributed by atoms with E-state index in [0.29, 0.717) is 22.0 Å². The molecular weight excluding hydrogens is 388 g/mol. The highest BCUT2D eigenvalue weighted by Crippen LogP contribution is 2.35. The van der Waals surface area contributed by atoms with Crippen LogP contribution in [-0.4, -0.2) is 27.1 Å². The van der Waals surface area contributed by atoms with Crippen molar-refractivity contribution in [3.63, 3.8) is 0 Å². The van der Waals surface area contributed by atoms with Crippen LogP contribution in [0.25, 0.3) is 10.9 Å². The summed E-state index contributed by atoms with van der Waals surface area (Å²) in [4.78, 5) is 26.5. The number of benzene rings is 2. The third kappa shape index (κ3) is 2.92. The number of carboxylic acid groups (broad SMARTS) is 2. The average Bonchev–Trinajstić information content (AvgIpc) is 2.92. The topological polar surface area (TPSA) is 116 Å². The number of fused-ring (bicyclic) bond motifs is 1. The molecule has 128 valence electrons. The average molecular weight is 403 g/mol. The van der Waals surface area contributed by atoms with Gasteiger partial charge in [-0.3, -0.25) is 4.79 Å². The Morgan fingerprint density at radius 3 is 2.40 bits per heavy atom. The number of H-pyrrole nitrogens is 1. The number of aromatic nitrogens is 1. The lowest BCUT2D eigenvalue weighted by molar-refractivity contribution is -0.142. The second kappa shape index (κ2) is 6.34. The van der Waals surface area contributed by atoms with Crippen molar-refractivity contribution in [3.05, 3.63) is 69.8 Å². The number of carboxylic acids is 2. The summed E-state index contributed by atoms with van der Waals surface area (Å²) in [5.74, 6) is -2.33. The van der Waals surface area contributed by atoms with E-state index >= 15 is 0 Å². The van der Waals surface area contributed by atoms with Crippen LogP contribution in [0.4, 0.5) is 0 Å². The van der Waals surface area contributed by atoms with Gasteiger partial charge in [-0.05, 0) is 29.3 Å². The van der Waals surface area contributed by atoms with Gasteiger partial charge in [-0.25, -0.2) is 4.79 Å². The molecule has 3 aromatic rings. The fourth-order valence-corrected chi connectivity index (χ4v) is 3.33. The first-order valence-corrected chi connectivity index (χ1v) is 8.23. The van der Waals surface area contributed by atoms with Gasteiger partial charge in [0.1, 0.15) is 0 Å². The van der Waals surface area contributed by atoms with E-state index in [1.807, 2.05) is 0 Å². The standard InChI is InChI=1S/C18H15BrN2O4/c19-11-6-7-14-12(8-11)13(9-15(22)23)16(21-14)18(20,17(24)25)10-4-2-1-3-5-10/h1-8,21H,9,20H2,(H,22,23)(H,24,25)/t18-/m0/s1. The number of hydrogen-bond acceptors (Lipinski definition) is 3. The van der Waals surface area contributed by atoms with Crippen LogP contribution in [0.3, 0.4) is 0 Å². The quantitative estimate of drug-likeness (QED) is 0.523. The number of aromatic amines is 1. The fourth-order valence-electron chi connectivity index (χ4n) is 2.97. The first kappa shape index (κ1) is 17.2. The third-order valence-electron chi connectivity index (χ3n) is 4.16. The molecule has 1 atom stereocenters. The molecule has 0 saturated carbocycles. The minimum absolute atomic E-state index is 0.168. The van der Waals surface area contributed by atoms with Crippen LogP contribution in [0.5, 0.6) is 0 Å². The van der Waals surface area contributed by atoms with Gasteiger partial charge in [0.05, 0.1) is 12.1 Å². The molecule has 0 aliphatic carbocycles. The zero-order valence-corrected chi connectivity index (χ0v) is 14.6. The van der Waals surface area contributed by atoms with Crippen LogP contribution >= 0.6 is 15.9 Å². The largest absolute Gasteiger partial charge is 0.481 e. The summed E-state index contributed by atoms with van der Waals surface area (Å²) in [6.07, 6.45) is -0.342. The first-order valence-electron chi connectivity index (χ1n) is 7.44. The molecule has 0 bridgehead atoms. The van der Waals surface area contributed by atoms with Crippen LogP contribution in [0, 0.1) is 0 Å². The fraction of sp³-hybridized carbons (Fsp3) is 0.111. The predicted octanol–water partition coefficient (Wildman–Crippen LogP) is 2.84. The Hall–Kier alpha value is -2.64. The predicted molar refractivity (Wildman–Crippen MR) is 96.4 cm³/mol. The van der Waals surface area contributed by atoms with Crippen molar-refractivity contribution in [1.29, 1.82) is 0 Å². The van der Waals surface area contributed by atoms with Crippen molar-refractivity contribution in [2.24, 2.45) is 5.73 Å². The summed E-state index contributed by atoms with van der Waals surface area (Å²) < 4.78 is 0.759. The van der Waals surface area contributed by atoms with Crippen LogP contribution < -0.4 is 5.73 Å². The highest BCUT2D eigenvalue weighted by Gasteiger charge is 2.42. The Labute approximate surface area is 151 Å². The van der Waals surface area contributed by atoms with Crippen molar-refractivity contribution in [3.8, 4) is 0 Å². The Morgan fingerprint density at radius 1 is 1.12 bits per heavy atom. The summed E-state index contributed by atoms with van der Waals surface area (Å²) in [5, 5.41) is 19.8. The number of aliphatic carboxylic acids is 2. The normalized spacial score (nSPS) is 13.5. The maximum absolute atomic E-state index is 12.1. The SMILES string of the molecule is N[C@@](C(=O)O)(c1ccccc1)c1[nH]c2ccc(Br)cc2c1CC(=O)O.